The summed E-state index contributed by atoms with van der Waals surface area (Å²) in [6.07, 6.45) is 0.140. The van der Waals surface area contributed by atoms with E-state index in [4.69, 9.17) is 5.11 Å². The van der Waals surface area contributed by atoms with E-state index < -0.39 is 5.97 Å². The van der Waals surface area contributed by atoms with Crippen molar-refractivity contribution in [1.82, 2.24) is 5.32 Å². The number of carboxylic acids is 1. The first-order valence-corrected chi connectivity index (χ1v) is 5.98. The number of nitrogens with one attached hydrogen (secondary N) is 1. The van der Waals surface area contributed by atoms with E-state index in [1.807, 2.05) is 0 Å². The summed E-state index contributed by atoms with van der Waals surface area (Å²) in [5.74, 6) is -0.187. The second-order valence-electron chi connectivity index (χ2n) is 3.20. The Kier molecular flexibility index (Phi) is 5.88. The average Bonchev–Trinajstić information content (AvgIpc) is 2.25. The number of benzene rings is 1. The molecule has 0 bridgehead atoms. The lowest BCUT2D eigenvalue weighted by Gasteiger charge is -2.03. The van der Waals surface area contributed by atoms with Crippen molar-refractivity contribution in [2.45, 2.75) is 11.3 Å². The SMILES string of the molecule is O=C(O)CCNCCSc1ccc(F)cc1. The number of halogens is 1. The summed E-state index contributed by atoms with van der Waals surface area (Å²) < 4.78 is 12.6. The molecule has 0 aliphatic carbocycles. The van der Waals surface area contributed by atoms with Crippen LogP contribution in [0.25, 0.3) is 0 Å². The number of hydrogen-bond donors (Lipinski definition) is 2. The van der Waals surface area contributed by atoms with E-state index in [0.29, 0.717) is 6.54 Å². The molecule has 0 amide bonds. The van der Waals surface area contributed by atoms with E-state index in [0.717, 1.165) is 17.2 Å². The van der Waals surface area contributed by atoms with Crippen LogP contribution in [0.15, 0.2) is 29.2 Å². The fraction of sp³-hybridized carbons (Fsp3) is 0.364. The molecule has 0 atom stereocenters. The predicted molar refractivity (Wildman–Crippen MR) is 62.2 cm³/mol. The quantitative estimate of drug-likeness (QED) is 0.568. The lowest BCUT2D eigenvalue weighted by molar-refractivity contribution is -0.136. The number of carboxylic acid groups (broad SMARTS) is 1. The summed E-state index contributed by atoms with van der Waals surface area (Å²) in [6.45, 7) is 1.23. The van der Waals surface area contributed by atoms with E-state index in [2.05, 4.69) is 5.32 Å². The van der Waals surface area contributed by atoms with Crippen LogP contribution in [0.2, 0.25) is 0 Å². The Bertz CT molecular complexity index is 329. The van der Waals surface area contributed by atoms with Crippen LogP contribution < -0.4 is 5.32 Å². The summed E-state index contributed by atoms with van der Waals surface area (Å²) in [5.41, 5.74) is 0. The van der Waals surface area contributed by atoms with Crippen LogP contribution in [0.3, 0.4) is 0 Å². The van der Waals surface area contributed by atoms with Crippen molar-refractivity contribution < 1.29 is 14.3 Å². The molecular weight excluding hydrogens is 229 g/mol. The molecule has 0 spiro atoms. The van der Waals surface area contributed by atoms with Crippen LogP contribution in [0.4, 0.5) is 4.39 Å². The highest BCUT2D eigenvalue weighted by atomic mass is 32.2. The molecule has 1 aromatic carbocycles. The van der Waals surface area contributed by atoms with Crippen molar-refractivity contribution >= 4 is 17.7 Å². The Morgan fingerprint density at radius 2 is 2.00 bits per heavy atom. The number of aliphatic carboxylic acids is 1. The van der Waals surface area contributed by atoms with Gasteiger partial charge in [0.25, 0.3) is 0 Å². The molecule has 0 unspecified atom stereocenters. The minimum atomic E-state index is -0.793. The molecule has 3 nitrogen and oxygen atoms in total. The molecule has 0 radical (unpaired) electrons. The molecule has 2 N–H and O–H groups in total. The zero-order valence-corrected chi connectivity index (χ0v) is 9.60. The Morgan fingerprint density at radius 3 is 2.62 bits per heavy atom. The van der Waals surface area contributed by atoms with Crippen LogP contribution in [0.5, 0.6) is 0 Å². The van der Waals surface area contributed by atoms with Gasteiger partial charge in [-0.2, -0.15) is 0 Å². The van der Waals surface area contributed by atoms with Crippen LogP contribution in [-0.4, -0.2) is 29.9 Å². The summed E-state index contributed by atoms with van der Waals surface area (Å²) >= 11 is 1.61. The summed E-state index contributed by atoms with van der Waals surface area (Å²) in [4.78, 5) is 11.2. The van der Waals surface area contributed by atoms with Gasteiger partial charge >= 0.3 is 5.97 Å². The Morgan fingerprint density at radius 1 is 1.31 bits per heavy atom. The molecule has 0 aliphatic rings. The van der Waals surface area contributed by atoms with Crippen molar-refractivity contribution in [3.8, 4) is 0 Å². The standard InChI is InChI=1S/C11H14FNO2S/c12-9-1-3-10(4-2-9)16-8-7-13-6-5-11(14)15/h1-4,13H,5-8H2,(H,14,15). The molecule has 0 saturated carbocycles. The molecule has 5 heteroatoms. The molecule has 1 aromatic rings. The lowest BCUT2D eigenvalue weighted by Crippen LogP contribution is -2.20. The zero-order chi connectivity index (χ0) is 11.8. The van der Waals surface area contributed by atoms with Gasteiger partial charge in [0, 0.05) is 23.7 Å². The molecule has 0 saturated heterocycles. The van der Waals surface area contributed by atoms with Crippen LogP contribution in [-0.2, 0) is 4.79 Å². The minimum Gasteiger partial charge on any atom is -0.481 e. The smallest absolute Gasteiger partial charge is 0.304 e. The Hall–Kier alpha value is -1.07. The molecule has 0 aromatic heterocycles. The van der Waals surface area contributed by atoms with E-state index in [1.54, 1.807) is 23.9 Å². The van der Waals surface area contributed by atoms with Gasteiger partial charge in [-0.3, -0.25) is 4.79 Å². The molecule has 0 fully saturated rings. The normalized spacial score (nSPS) is 10.3. The van der Waals surface area contributed by atoms with Gasteiger partial charge in [-0.25, -0.2) is 4.39 Å². The molecule has 0 aliphatic heterocycles. The highest BCUT2D eigenvalue weighted by Gasteiger charge is 1.97. The van der Waals surface area contributed by atoms with Crippen molar-refractivity contribution in [1.29, 1.82) is 0 Å². The van der Waals surface area contributed by atoms with Gasteiger partial charge in [-0.05, 0) is 24.3 Å². The van der Waals surface area contributed by atoms with Gasteiger partial charge in [-0.15, -0.1) is 11.8 Å². The van der Waals surface area contributed by atoms with E-state index in [-0.39, 0.29) is 12.2 Å². The maximum Gasteiger partial charge on any atom is 0.304 e. The zero-order valence-electron chi connectivity index (χ0n) is 8.78. The van der Waals surface area contributed by atoms with Crippen molar-refractivity contribution in [3.63, 3.8) is 0 Å². The third kappa shape index (κ3) is 5.72. The summed E-state index contributed by atoms with van der Waals surface area (Å²) in [7, 11) is 0. The topological polar surface area (TPSA) is 49.3 Å². The highest BCUT2D eigenvalue weighted by Crippen LogP contribution is 2.16. The molecular formula is C11H14FNO2S. The predicted octanol–water partition coefficient (Wildman–Crippen LogP) is 1.98. The van der Waals surface area contributed by atoms with E-state index >= 15 is 0 Å². The maximum absolute atomic E-state index is 12.6. The molecule has 16 heavy (non-hydrogen) atoms. The Balaban J connectivity index is 2.07. The first-order chi connectivity index (χ1) is 7.68. The number of hydrogen-bond acceptors (Lipinski definition) is 3. The van der Waals surface area contributed by atoms with Crippen molar-refractivity contribution in [2.75, 3.05) is 18.8 Å². The lowest BCUT2D eigenvalue weighted by atomic mass is 10.4. The van der Waals surface area contributed by atoms with Gasteiger partial charge in [0.1, 0.15) is 5.82 Å². The van der Waals surface area contributed by atoms with Crippen LogP contribution >= 0.6 is 11.8 Å². The first-order valence-electron chi connectivity index (χ1n) is 4.99. The van der Waals surface area contributed by atoms with Crippen LogP contribution in [0, 0.1) is 5.82 Å². The van der Waals surface area contributed by atoms with Crippen molar-refractivity contribution in [3.05, 3.63) is 30.1 Å². The average molecular weight is 243 g/mol. The van der Waals surface area contributed by atoms with Crippen LogP contribution in [0.1, 0.15) is 6.42 Å². The third-order valence-corrected chi connectivity index (χ3v) is 2.89. The fourth-order valence-corrected chi connectivity index (χ4v) is 1.90. The molecule has 88 valence electrons. The van der Waals surface area contributed by atoms with E-state index in [9.17, 15) is 9.18 Å². The van der Waals surface area contributed by atoms with Gasteiger partial charge < -0.3 is 10.4 Å². The number of rotatable bonds is 7. The second kappa shape index (κ2) is 7.24. The first kappa shape index (κ1) is 13.0. The van der Waals surface area contributed by atoms with E-state index in [1.165, 1.54) is 12.1 Å². The number of thioether (sulfide) groups is 1. The van der Waals surface area contributed by atoms with Gasteiger partial charge in [-0.1, -0.05) is 0 Å². The molecule has 0 heterocycles. The summed E-state index contributed by atoms with van der Waals surface area (Å²) in [6, 6.07) is 6.33. The van der Waals surface area contributed by atoms with Gasteiger partial charge in [0.05, 0.1) is 6.42 Å². The van der Waals surface area contributed by atoms with Gasteiger partial charge in [0.2, 0.25) is 0 Å². The minimum absolute atomic E-state index is 0.140. The Labute approximate surface area is 98.1 Å². The maximum atomic E-state index is 12.6. The highest BCUT2D eigenvalue weighted by molar-refractivity contribution is 7.99. The van der Waals surface area contributed by atoms with Crippen molar-refractivity contribution in [2.24, 2.45) is 0 Å². The van der Waals surface area contributed by atoms with Gasteiger partial charge in [0.15, 0.2) is 0 Å². The third-order valence-electron chi connectivity index (χ3n) is 1.88. The fourth-order valence-electron chi connectivity index (χ4n) is 1.09. The second-order valence-corrected chi connectivity index (χ2v) is 4.36. The largest absolute Gasteiger partial charge is 0.481 e. The monoisotopic (exact) mass is 243 g/mol. The molecule has 1 rings (SSSR count). The summed E-state index contributed by atoms with van der Waals surface area (Å²) in [5, 5.41) is 11.4. The number of carbonyl (C=O) groups is 1.